The number of nitrogens with zero attached hydrogens (tertiary/aromatic N) is 2. The Hall–Kier alpha value is -1.64. The summed E-state index contributed by atoms with van der Waals surface area (Å²) in [6.07, 6.45) is 2.01. The van der Waals surface area contributed by atoms with E-state index in [1.807, 2.05) is 30.1 Å². The van der Waals surface area contributed by atoms with E-state index in [9.17, 15) is 4.79 Å². The minimum absolute atomic E-state index is 0.139. The van der Waals surface area contributed by atoms with Crippen LogP contribution in [0.5, 0.6) is 0 Å². The number of amides is 1. The van der Waals surface area contributed by atoms with Crippen molar-refractivity contribution in [3.63, 3.8) is 0 Å². The molecule has 0 unspecified atom stereocenters. The normalized spacial score (nSPS) is 18.5. The molecule has 1 aromatic carbocycles. The van der Waals surface area contributed by atoms with E-state index in [1.165, 1.54) is 0 Å². The fraction of sp³-hybridized carbons (Fsp3) is 0.333. The fourth-order valence-corrected chi connectivity index (χ4v) is 1.70. The number of hydrogen-bond acceptors (Lipinski definition) is 1. The Morgan fingerprint density at radius 1 is 1.33 bits per heavy atom. The standard InChI is InChI=1S/C12H14N2O/c1-14-9-5-8-11(14)13-12(15)10-6-3-2-4-7-10/h2-4,6-7H,5,8-9H2,1H3. The molecule has 1 heterocycles. The Morgan fingerprint density at radius 2 is 2.07 bits per heavy atom. The highest BCUT2D eigenvalue weighted by Gasteiger charge is 2.15. The molecular formula is C12H14N2O. The van der Waals surface area contributed by atoms with Gasteiger partial charge in [-0.15, -0.1) is 0 Å². The van der Waals surface area contributed by atoms with Gasteiger partial charge in [-0.25, -0.2) is 0 Å². The minimum Gasteiger partial charge on any atom is -0.363 e. The summed E-state index contributed by atoms with van der Waals surface area (Å²) in [7, 11) is 1.98. The third-order valence-electron chi connectivity index (χ3n) is 2.59. The summed E-state index contributed by atoms with van der Waals surface area (Å²) in [4.78, 5) is 17.9. The largest absolute Gasteiger partial charge is 0.363 e. The number of carbonyl (C=O) groups is 1. The van der Waals surface area contributed by atoms with Crippen LogP contribution in [0, 0.1) is 0 Å². The molecule has 1 aromatic rings. The lowest BCUT2D eigenvalue weighted by Gasteiger charge is -2.10. The molecule has 0 spiro atoms. The Kier molecular flexibility index (Phi) is 2.81. The van der Waals surface area contributed by atoms with Crippen LogP contribution < -0.4 is 0 Å². The van der Waals surface area contributed by atoms with Crippen LogP contribution >= 0.6 is 0 Å². The lowest BCUT2D eigenvalue weighted by Crippen LogP contribution is -2.20. The molecule has 78 valence electrons. The number of carbonyl (C=O) groups excluding carboxylic acids is 1. The Balaban J connectivity index is 2.16. The van der Waals surface area contributed by atoms with Crippen molar-refractivity contribution in [2.24, 2.45) is 4.99 Å². The van der Waals surface area contributed by atoms with Gasteiger partial charge in [0.25, 0.3) is 5.91 Å². The highest BCUT2D eigenvalue weighted by atomic mass is 16.1. The summed E-state index contributed by atoms with van der Waals surface area (Å²) in [6.45, 7) is 1.00. The Bertz CT molecular complexity index is 384. The van der Waals surface area contributed by atoms with Crippen LogP contribution in [0.3, 0.4) is 0 Å². The van der Waals surface area contributed by atoms with E-state index in [4.69, 9.17) is 0 Å². The maximum absolute atomic E-state index is 11.7. The van der Waals surface area contributed by atoms with Crippen molar-refractivity contribution in [3.8, 4) is 0 Å². The zero-order valence-corrected chi connectivity index (χ0v) is 8.81. The molecule has 15 heavy (non-hydrogen) atoms. The summed E-state index contributed by atoms with van der Waals surface area (Å²) >= 11 is 0. The average molecular weight is 202 g/mol. The lowest BCUT2D eigenvalue weighted by atomic mass is 10.2. The van der Waals surface area contributed by atoms with E-state index in [2.05, 4.69) is 4.99 Å². The van der Waals surface area contributed by atoms with Crippen molar-refractivity contribution >= 4 is 11.7 Å². The molecule has 0 atom stereocenters. The second kappa shape index (κ2) is 4.26. The van der Waals surface area contributed by atoms with Crippen LogP contribution in [-0.2, 0) is 0 Å². The first-order valence-electron chi connectivity index (χ1n) is 5.15. The van der Waals surface area contributed by atoms with Gasteiger partial charge in [-0.3, -0.25) is 4.79 Å². The van der Waals surface area contributed by atoms with Gasteiger partial charge in [-0.2, -0.15) is 4.99 Å². The summed E-state index contributed by atoms with van der Waals surface area (Å²) in [6, 6.07) is 9.19. The van der Waals surface area contributed by atoms with Crippen molar-refractivity contribution < 1.29 is 4.79 Å². The van der Waals surface area contributed by atoms with Gasteiger partial charge < -0.3 is 4.90 Å². The van der Waals surface area contributed by atoms with Gasteiger partial charge in [0, 0.05) is 25.6 Å². The first-order chi connectivity index (χ1) is 7.27. The summed E-state index contributed by atoms with van der Waals surface area (Å²) in [5.41, 5.74) is 0.658. The monoisotopic (exact) mass is 202 g/mol. The molecule has 0 radical (unpaired) electrons. The van der Waals surface area contributed by atoms with Crippen LogP contribution in [0.1, 0.15) is 23.2 Å². The Labute approximate surface area is 89.4 Å². The average Bonchev–Trinajstić information content (AvgIpc) is 2.66. The highest BCUT2D eigenvalue weighted by molar-refractivity contribution is 6.03. The van der Waals surface area contributed by atoms with Crippen molar-refractivity contribution in [1.82, 2.24) is 4.90 Å². The first kappa shape index (κ1) is 9.90. The molecule has 0 bridgehead atoms. The number of likely N-dealkylation sites (tertiary alicyclic amines) is 1. The zero-order chi connectivity index (χ0) is 10.7. The van der Waals surface area contributed by atoms with E-state index < -0.39 is 0 Å². The van der Waals surface area contributed by atoms with Gasteiger partial charge in [0.1, 0.15) is 5.84 Å². The van der Waals surface area contributed by atoms with Crippen LogP contribution in [-0.4, -0.2) is 30.2 Å². The lowest BCUT2D eigenvalue weighted by molar-refractivity contribution is 0.100. The van der Waals surface area contributed by atoms with E-state index in [0.29, 0.717) is 5.56 Å². The van der Waals surface area contributed by atoms with Gasteiger partial charge in [0.15, 0.2) is 0 Å². The van der Waals surface area contributed by atoms with Crippen molar-refractivity contribution in [3.05, 3.63) is 35.9 Å². The molecule has 1 aliphatic rings. The summed E-state index contributed by atoms with van der Waals surface area (Å²) in [5.74, 6) is 0.767. The van der Waals surface area contributed by atoms with Gasteiger partial charge in [-0.05, 0) is 18.6 Å². The number of amidine groups is 1. The zero-order valence-electron chi connectivity index (χ0n) is 8.81. The van der Waals surface area contributed by atoms with Crippen molar-refractivity contribution in [1.29, 1.82) is 0 Å². The van der Waals surface area contributed by atoms with E-state index in [-0.39, 0.29) is 5.91 Å². The second-order valence-corrected chi connectivity index (χ2v) is 3.72. The number of rotatable bonds is 1. The maximum Gasteiger partial charge on any atom is 0.278 e. The van der Waals surface area contributed by atoms with Crippen LogP contribution in [0.2, 0.25) is 0 Å². The molecule has 0 N–H and O–H groups in total. The van der Waals surface area contributed by atoms with Gasteiger partial charge >= 0.3 is 0 Å². The third kappa shape index (κ3) is 2.24. The molecule has 3 nitrogen and oxygen atoms in total. The molecule has 2 rings (SSSR count). The smallest absolute Gasteiger partial charge is 0.278 e. The van der Waals surface area contributed by atoms with Gasteiger partial charge in [0.05, 0.1) is 0 Å². The maximum atomic E-state index is 11.7. The second-order valence-electron chi connectivity index (χ2n) is 3.72. The molecule has 0 aromatic heterocycles. The molecule has 1 amide bonds. The highest BCUT2D eigenvalue weighted by Crippen LogP contribution is 2.10. The van der Waals surface area contributed by atoms with E-state index in [0.717, 1.165) is 25.2 Å². The number of benzene rings is 1. The number of aliphatic imine (C=N–C) groups is 1. The summed E-state index contributed by atoms with van der Waals surface area (Å²) in [5, 5.41) is 0. The van der Waals surface area contributed by atoms with Crippen LogP contribution in [0.25, 0.3) is 0 Å². The number of hydrogen-bond donors (Lipinski definition) is 0. The first-order valence-corrected chi connectivity index (χ1v) is 5.15. The fourth-order valence-electron chi connectivity index (χ4n) is 1.70. The minimum atomic E-state index is -0.139. The molecule has 0 saturated carbocycles. The molecule has 3 heteroatoms. The van der Waals surface area contributed by atoms with Gasteiger partial charge in [0.2, 0.25) is 0 Å². The van der Waals surface area contributed by atoms with Crippen LogP contribution in [0.4, 0.5) is 0 Å². The van der Waals surface area contributed by atoms with Crippen molar-refractivity contribution in [2.45, 2.75) is 12.8 Å². The SMILES string of the molecule is CN1CCCC1=NC(=O)c1ccccc1. The molecule has 0 aliphatic carbocycles. The van der Waals surface area contributed by atoms with E-state index >= 15 is 0 Å². The molecular weight excluding hydrogens is 188 g/mol. The molecule has 1 saturated heterocycles. The predicted molar refractivity (Wildman–Crippen MR) is 60.1 cm³/mol. The van der Waals surface area contributed by atoms with Crippen molar-refractivity contribution in [2.75, 3.05) is 13.6 Å². The molecule has 1 aliphatic heterocycles. The van der Waals surface area contributed by atoms with Crippen LogP contribution in [0.15, 0.2) is 35.3 Å². The molecule has 1 fully saturated rings. The van der Waals surface area contributed by atoms with Gasteiger partial charge in [-0.1, -0.05) is 18.2 Å². The Morgan fingerprint density at radius 3 is 2.67 bits per heavy atom. The van der Waals surface area contributed by atoms with E-state index in [1.54, 1.807) is 12.1 Å². The third-order valence-corrected chi connectivity index (χ3v) is 2.59. The quantitative estimate of drug-likeness (QED) is 0.697. The topological polar surface area (TPSA) is 32.7 Å². The predicted octanol–water partition coefficient (Wildman–Crippen LogP) is 1.95. The summed E-state index contributed by atoms with van der Waals surface area (Å²) < 4.78 is 0.